The third-order valence-corrected chi connectivity index (χ3v) is 6.83. The standard InChI is InChI=1S/C28H26F2N4O3/c29-22-13-17(16-34-8-2-1-3-9-34)12-20(26(22)30)18-4-6-23-21(14-18)27(33-32-23)28(35)31-19-5-7-24-25(15-19)37-11-10-36-24/h4-7,12-15H,1-3,8-11,16H2,(H,31,35)(H,32,33). The van der Waals surface area contributed by atoms with Crippen molar-refractivity contribution in [1.29, 1.82) is 0 Å². The fourth-order valence-corrected chi connectivity index (χ4v) is 4.99. The van der Waals surface area contributed by atoms with Crippen LogP contribution in [0.15, 0.2) is 48.5 Å². The second-order valence-corrected chi connectivity index (χ2v) is 9.42. The number of rotatable bonds is 5. The van der Waals surface area contributed by atoms with Crippen LogP contribution in [0.4, 0.5) is 14.5 Å². The van der Waals surface area contributed by atoms with Crippen molar-refractivity contribution in [1.82, 2.24) is 15.1 Å². The molecule has 1 saturated heterocycles. The van der Waals surface area contributed by atoms with Crippen LogP contribution in [-0.4, -0.2) is 47.3 Å². The zero-order chi connectivity index (χ0) is 25.4. The van der Waals surface area contributed by atoms with Crippen LogP contribution in [0.5, 0.6) is 11.5 Å². The van der Waals surface area contributed by atoms with Crippen LogP contribution in [-0.2, 0) is 6.54 Å². The predicted octanol–water partition coefficient (Wildman–Crippen LogP) is 5.52. The van der Waals surface area contributed by atoms with Crippen LogP contribution >= 0.6 is 0 Å². The summed E-state index contributed by atoms with van der Waals surface area (Å²) in [7, 11) is 0. The van der Waals surface area contributed by atoms with Crippen LogP contribution in [0, 0.1) is 11.6 Å². The lowest BCUT2D eigenvalue weighted by Crippen LogP contribution is -2.29. The van der Waals surface area contributed by atoms with Gasteiger partial charge in [0.05, 0.1) is 5.52 Å². The Kier molecular flexibility index (Phi) is 6.21. The van der Waals surface area contributed by atoms with Crippen LogP contribution in [0.3, 0.4) is 0 Å². The molecule has 6 rings (SSSR count). The number of nitrogens with zero attached hydrogens (tertiary/aromatic N) is 2. The van der Waals surface area contributed by atoms with Gasteiger partial charge < -0.3 is 14.8 Å². The first kappa shape index (κ1) is 23.4. The van der Waals surface area contributed by atoms with Gasteiger partial charge in [-0.25, -0.2) is 8.78 Å². The minimum atomic E-state index is -0.910. The molecule has 0 spiro atoms. The molecule has 2 aliphatic rings. The number of aromatic amines is 1. The number of piperidine rings is 1. The number of likely N-dealkylation sites (tertiary alicyclic amines) is 1. The number of hydrogen-bond donors (Lipinski definition) is 2. The van der Waals surface area contributed by atoms with E-state index in [4.69, 9.17) is 9.47 Å². The zero-order valence-electron chi connectivity index (χ0n) is 20.2. The van der Waals surface area contributed by atoms with Gasteiger partial charge in [0.2, 0.25) is 0 Å². The van der Waals surface area contributed by atoms with Gasteiger partial charge in [-0.1, -0.05) is 12.5 Å². The Morgan fingerprint density at radius 3 is 2.62 bits per heavy atom. The minimum absolute atomic E-state index is 0.150. The molecule has 2 N–H and O–H groups in total. The number of nitrogens with one attached hydrogen (secondary N) is 2. The maximum atomic E-state index is 14.9. The molecule has 37 heavy (non-hydrogen) atoms. The summed E-state index contributed by atoms with van der Waals surface area (Å²) < 4.78 is 40.7. The SMILES string of the molecule is O=C(Nc1ccc2c(c1)OCCO2)c1n[nH]c2ccc(-c3cc(CN4CCCCC4)cc(F)c3F)cc12. The first-order valence-corrected chi connectivity index (χ1v) is 12.4. The number of H-pyrrole nitrogens is 1. The highest BCUT2D eigenvalue weighted by atomic mass is 19.2. The average molecular weight is 505 g/mol. The van der Waals surface area contributed by atoms with Gasteiger partial charge in [-0.05, 0) is 73.5 Å². The van der Waals surface area contributed by atoms with Crippen molar-refractivity contribution in [3.63, 3.8) is 0 Å². The van der Waals surface area contributed by atoms with E-state index >= 15 is 0 Å². The van der Waals surface area contributed by atoms with Crippen LogP contribution in [0.2, 0.25) is 0 Å². The second kappa shape index (κ2) is 9.82. The molecule has 3 heterocycles. The lowest BCUT2D eigenvalue weighted by atomic mass is 9.99. The molecule has 0 atom stereocenters. The van der Waals surface area contributed by atoms with Gasteiger partial charge in [-0.2, -0.15) is 5.10 Å². The number of benzene rings is 3. The smallest absolute Gasteiger partial charge is 0.276 e. The number of amides is 1. The number of ether oxygens (including phenoxy) is 2. The Balaban J connectivity index is 1.29. The highest BCUT2D eigenvalue weighted by Gasteiger charge is 2.20. The van der Waals surface area contributed by atoms with Gasteiger partial charge in [-0.15, -0.1) is 0 Å². The van der Waals surface area contributed by atoms with Crippen LogP contribution in [0.1, 0.15) is 35.3 Å². The highest BCUT2D eigenvalue weighted by Crippen LogP contribution is 2.34. The first-order valence-electron chi connectivity index (χ1n) is 12.4. The van der Waals surface area contributed by atoms with Crippen molar-refractivity contribution in [2.24, 2.45) is 0 Å². The molecular formula is C28H26F2N4O3. The molecule has 9 heteroatoms. The molecule has 4 aromatic rings. The van der Waals surface area contributed by atoms with Crippen molar-refractivity contribution in [3.8, 4) is 22.6 Å². The van der Waals surface area contributed by atoms with Crippen molar-refractivity contribution >= 4 is 22.5 Å². The van der Waals surface area contributed by atoms with Crippen LogP contribution in [0.25, 0.3) is 22.0 Å². The molecule has 0 bridgehead atoms. The summed E-state index contributed by atoms with van der Waals surface area (Å²) in [4.78, 5) is 15.4. The summed E-state index contributed by atoms with van der Waals surface area (Å²) in [6, 6.07) is 13.2. The number of hydrogen-bond acceptors (Lipinski definition) is 5. The lowest BCUT2D eigenvalue weighted by Gasteiger charge is -2.26. The summed E-state index contributed by atoms with van der Waals surface area (Å²) >= 11 is 0. The van der Waals surface area contributed by atoms with Gasteiger partial charge in [0.25, 0.3) is 5.91 Å². The normalized spacial score (nSPS) is 15.6. The van der Waals surface area contributed by atoms with Gasteiger partial charge >= 0.3 is 0 Å². The first-order chi connectivity index (χ1) is 18.0. The second-order valence-electron chi connectivity index (χ2n) is 9.42. The molecule has 0 radical (unpaired) electrons. The van der Waals surface area contributed by atoms with Gasteiger partial charge in [0.15, 0.2) is 28.8 Å². The van der Waals surface area contributed by atoms with Gasteiger partial charge in [-0.3, -0.25) is 14.8 Å². The molecule has 2 aliphatic heterocycles. The van der Waals surface area contributed by atoms with E-state index in [1.165, 1.54) is 12.5 Å². The fraction of sp³-hybridized carbons (Fsp3) is 0.286. The summed E-state index contributed by atoms with van der Waals surface area (Å²) in [5, 5.41) is 10.4. The molecule has 1 amide bonds. The maximum absolute atomic E-state index is 14.9. The van der Waals surface area contributed by atoms with Crippen molar-refractivity contribution < 1.29 is 23.0 Å². The molecule has 1 fully saturated rings. The van der Waals surface area contributed by atoms with E-state index in [2.05, 4.69) is 20.4 Å². The number of carbonyl (C=O) groups excluding carboxylic acids is 1. The van der Waals surface area contributed by atoms with Crippen molar-refractivity contribution in [3.05, 3.63) is 71.4 Å². The van der Waals surface area contributed by atoms with E-state index in [-0.39, 0.29) is 11.3 Å². The lowest BCUT2D eigenvalue weighted by molar-refractivity contribution is 0.102. The molecule has 1 aromatic heterocycles. The minimum Gasteiger partial charge on any atom is -0.486 e. The van der Waals surface area contributed by atoms with E-state index < -0.39 is 17.5 Å². The van der Waals surface area contributed by atoms with E-state index in [0.717, 1.165) is 31.5 Å². The summed E-state index contributed by atoms with van der Waals surface area (Å²) in [6.45, 7) is 3.40. The third kappa shape index (κ3) is 4.74. The topological polar surface area (TPSA) is 79.5 Å². The zero-order valence-corrected chi connectivity index (χ0v) is 20.2. The molecule has 7 nitrogen and oxygen atoms in total. The largest absolute Gasteiger partial charge is 0.486 e. The van der Waals surface area contributed by atoms with E-state index in [0.29, 0.717) is 53.4 Å². The van der Waals surface area contributed by atoms with Crippen LogP contribution < -0.4 is 14.8 Å². The molecular weight excluding hydrogens is 478 g/mol. The Morgan fingerprint density at radius 1 is 0.973 bits per heavy atom. The third-order valence-electron chi connectivity index (χ3n) is 6.83. The number of anilines is 1. The quantitative estimate of drug-likeness (QED) is 0.374. The Hall–Kier alpha value is -3.98. The average Bonchev–Trinajstić information content (AvgIpc) is 3.35. The number of halogens is 2. The molecule has 3 aromatic carbocycles. The number of carbonyl (C=O) groups is 1. The fourth-order valence-electron chi connectivity index (χ4n) is 4.99. The van der Waals surface area contributed by atoms with E-state index in [1.807, 2.05) is 0 Å². The molecule has 0 saturated carbocycles. The Morgan fingerprint density at radius 2 is 1.78 bits per heavy atom. The predicted molar refractivity (Wildman–Crippen MR) is 136 cm³/mol. The van der Waals surface area contributed by atoms with E-state index in [9.17, 15) is 13.6 Å². The number of aromatic nitrogens is 2. The van der Waals surface area contributed by atoms with Gasteiger partial charge in [0.1, 0.15) is 13.2 Å². The Labute approximate surface area is 212 Å². The monoisotopic (exact) mass is 504 g/mol. The summed E-state index contributed by atoms with van der Waals surface area (Å²) in [5.74, 6) is -1.05. The summed E-state index contributed by atoms with van der Waals surface area (Å²) in [5.41, 5.74) is 2.64. The highest BCUT2D eigenvalue weighted by molar-refractivity contribution is 6.11. The Bertz CT molecular complexity index is 1480. The molecule has 190 valence electrons. The van der Waals surface area contributed by atoms with Gasteiger partial charge in [0, 0.05) is 29.2 Å². The maximum Gasteiger partial charge on any atom is 0.276 e. The van der Waals surface area contributed by atoms with Crippen molar-refractivity contribution in [2.45, 2.75) is 25.8 Å². The number of fused-ring (bicyclic) bond motifs is 2. The summed E-state index contributed by atoms with van der Waals surface area (Å²) in [6.07, 6.45) is 3.43. The van der Waals surface area contributed by atoms with E-state index in [1.54, 1.807) is 42.5 Å². The molecule has 0 unspecified atom stereocenters. The molecule has 0 aliphatic carbocycles. The van der Waals surface area contributed by atoms with Crippen molar-refractivity contribution in [2.75, 3.05) is 31.6 Å².